The molecule has 0 radical (unpaired) electrons. The van der Waals surface area contributed by atoms with E-state index < -0.39 is 0 Å². The van der Waals surface area contributed by atoms with Crippen molar-refractivity contribution in [3.05, 3.63) is 32.8 Å². The number of hydrogen-bond donors (Lipinski definition) is 1. The molecule has 2 nitrogen and oxygen atoms in total. The van der Waals surface area contributed by atoms with Crippen LogP contribution >= 0.6 is 27.5 Å². The van der Waals surface area contributed by atoms with Gasteiger partial charge < -0.3 is 5.73 Å². The van der Waals surface area contributed by atoms with Gasteiger partial charge in [-0.25, -0.2) is 0 Å². The van der Waals surface area contributed by atoms with Crippen LogP contribution < -0.4 is 5.73 Å². The monoisotopic (exact) mass is 244 g/mol. The molecule has 62 valence electrons. The Labute approximate surface area is 84.1 Å². The fourth-order valence-corrected chi connectivity index (χ4v) is 1.55. The van der Waals surface area contributed by atoms with Gasteiger partial charge in [0.25, 0.3) is 0 Å². The van der Waals surface area contributed by atoms with E-state index in [1.165, 1.54) is 0 Å². The first-order valence-electron chi connectivity index (χ1n) is 3.27. The smallest absolute Gasteiger partial charge is 0.100 e. The quantitative estimate of drug-likeness (QED) is 0.826. The Hall–Kier alpha value is -0.560. The number of rotatable bonds is 1. The number of hydrogen-bond acceptors (Lipinski definition) is 2. The molecule has 0 aromatic heterocycles. The Morgan fingerprint density at radius 2 is 2.25 bits per heavy atom. The molecule has 0 fully saturated rings. The predicted octanol–water partition coefficient (Wildman–Crippen LogP) is 2.43. The van der Waals surface area contributed by atoms with Gasteiger partial charge in [0.2, 0.25) is 0 Å². The molecule has 0 saturated heterocycles. The maximum absolute atomic E-state index is 8.64. The second-order valence-electron chi connectivity index (χ2n) is 2.22. The van der Waals surface area contributed by atoms with Gasteiger partial charge in [0.05, 0.1) is 15.1 Å². The van der Waals surface area contributed by atoms with Gasteiger partial charge in [-0.1, -0.05) is 17.7 Å². The highest BCUT2D eigenvalue weighted by Crippen LogP contribution is 2.29. The van der Waals surface area contributed by atoms with Crippen LogP contribution in [0, 0.1) is 11.3 Å². The zero-order chi connectivity index (χ0) is 9.14. The molecule has 1 aromatic carbocycles. The first-order valence-corrected chi connectivity index (χ1v) is 4.45. The minimum atomic E-state index is 0.378. The van der Waals surface area contributed by atoms with Crippen LogP contribution in [-0.4, -0.2) is 0 Å². The van der Waals surface area contributed by atoms with Crippen LogP contribution in [0.4, 0.5) is 0 Å². The average Bonchev–Trinajstić information content (AvgIpc) is 2.10. The van der Waals surface area contributed by atoms with Gasteiger partial charge >= 0.3 is 0 Å². The van der Waals surface area contributed by atoms with E-state index >= 15 is 0 Å². The summed E-state index contributed by atoms with van der Waals surface area (Å²) in [5.41, 5.74) is 6.78. The fraction of sp³-hybridized carbons (Fsp3) is 0.125. The highest BCUT2D eigenvalue weighted by molar-refractivity contribution is 9.10. The van der Waals surface area contributed by atoms with E-state index in [0.717, 1.165) is 5.56 Å². The van der Waals surface area contributed by atoms with Crippen LogP contribution in [0.5, 0.6) is 0 Å². The average molecular weight is 246 g/mol. The predicted molar refractivity (Wildman–Crippen MR) is 51.8 cm³/mol. The van der Waals surface area contributed by atoms with Crippen molar-refractivity contribution >= 4 is 27.5 Å². The third-order valence-electron chi connectivity index (χ3n) is 1.50. The van der Waals surface area contributed by atoms with Crippen LogP contribution in [0.25, 0.3) is 0 Å². The Balaban J connectivity index is 3.32. The van der Waals surface area contributed by atoms with Crippen molar-refractivity contribution in [1.29, 1.82) is 5.26 Å². The van der Waals surface area contributed by atoms with Crippen LogP contribution in [0.1, 0.15) is 11.1 Å². The SMILES string of the molecule is N#Cc1ccc(CN)c(Cl)c1Br. The molecular formula is C8H6BrClN2. The number of benzene rings is 1. The molecule has 0 bridgehead atoms. The summed E-state index contributed by atoms with van der Waals surface area (Å²) >= 11 is 9.12. The number of nitriles is 1. The fourth-order valence-electron chi connectivity index (χ4n) is 0.833. The van der Waals surface area contributed by atoms with E-state index in [4.69, 9.17) is 22.6 Å². The van der Waals surface area contributed by atoms with Gasteiger partial charge in [-0.05, 0) is 27.6 Å². The standard InChI is InChI=1S/C8H6BrClN2/c9-7-5(3-11)1-2-6(4-12)8(7)10/h1-2H,4,12H2. The van der Waals surface area contributed by atoms with E-state index in [0.29, 0.717) is 21.6 Å². The maximum atomic E-state index is 8.64. The summed E-state index contributed by atoms with van der Waals surface area (Å²) < 4.78 is 0.620. The summed E-state index contributed by atoms with van der Waals surface area (Å²) in [6, 6.07) is 5.46. The van der Waals surface area contributed by atoms with Crippen molar-refractivity contribution in [2.45, 2.75) is 6.54 Å². The number of nitrogens with zero attached hydrogens (tertiary/aromatic N) is 1. The van der Waals surface area contributed by atoms with Crippen LogP contribution in [0.3, 0.4) is 0 Å². The minimum Gasteiger partial charge on any atom is -0.326 e. The zero-order valence-electron chi connectivity index (χ0n) is 6.14. The zero-order valence-corrected chi connectivity index (χ0v) is 8.48. The Bertz CT molecular complexity index is 344. The summed E-state index contributed by atoms with van der Waals surface area (Å²) in [5, 5.41) is 9.16. The second kappa shape index (κ2) is 3.90. The van der Waals surface area contributed by atoms with Crippen molar-refractivity contribution in [2.75, 3.05) is 0 Å². The topological polar surface area (TPSA) is 49.8 Å². The molecule has 12 heavy (non-hydrogen) atoms. The van der Waals surface area contributed by atoms with Gasteiger partial charge in [0, 0.05) is 6.54 Å². The highest BCUT2D eigenvalue weighted by atomic mass is 79.9. The molecule has 0 atom stereocenters. The molecule has 0 saturated carbocycles. The van der Waals surface area contributed by atoms with E-state index in [1.54, 1.807) is 12.1 Å². The van der Waals surface area contributed by atoms with Crippen LogP contribution in [-0.2, 0) is 6.54 Å². The van der Waals surface area contributed by atoms with Crippen molar-refractivity contribution in [1.82, 2.24) is 0 Å². The molecule has 0 heterocycles. The molecule has 0 aliphatic rings. The van der Waals surface area contributed by atoms with Crippen LogP contribution in [0.15, 0.2) is 16.6 Å². The molecule has 0 aliphatic heterocycles. The third kappa shape index (κ3) is 1.61. The van der Waals surface area contributed by atoms with Crippen molar-refractivity contribution < 1.29 is 0 Å². The van der Waals surface area contributed by atoms with E-state index in [9.17, 15) is 0 Å². The van der Waals surface area contributed by atoms with E-state index in [-0.39, 0.29) is 0 Å². The maximum Gasteiger partial charge on any atom is 0.100 e. The van der Waals surface area contributed by atoms with Gasteiger partial charge in [0.15, 0.2) is 0 Å². The molecule has 1 aromatic rings. The van der Waals surface area contributed by atoms with Crippen molar-refractivity contribution in [2.24, 2.45) is 5.73 Å². The summed E-state index contributed by atoms with van der Waals surface area (Å²) in [7, 11) is 0. The molecule has 0 unspecified atom stereocenters. The molecule has 4 heteroatoms. The van der Waals surface area contributed by atoms with Gasteiger partial charge in [-0.15, -0.1) is 0 Å². The van der Waals surface area contributed by atoms with E-state index in [1.807, 2.05) is 6.07 Å². The summed E-state index contributed by atoms with van der Waals surface area (Å²) in [6.45, 7) is 0.378. The first-order chi connectivity index (χ1) is 5.70. The van der Waals surface area contributed by atoms with Crippen LogP contribution in [0.2, 0.25) is 5.02 Å². The lowest BCUT2D eigenvalue weighted by Gasteiger charge is -2.03. The molecule has 1 rings (SSSR count). The summed E-state index contributed by atoms with van der Waals surface area (Å²) in [5.74, 6) is 0. The molecular weight excluding hydrogens is 239 g/mol. The highest BCUT2D eigenvalue weighted by Gasteiger charge is 2.07. The second-order valence-corrected chi connectivity index (χ2v) is 3.39. The lowest BCUT2D eigenvalue weighted by atomic mass is 10.1. The summed E-state index contributed by atoms with van der Waals surface area (Å²) in [4.78, 5) is 0. The first kappa shape index (κ1) is 9.53. The molecule has 0 spiro atoms. The lowest BCUT2D eigenvalue weighted by Crippen LogP contribution is -1.98. The van der Waals surface area contributed by atoms with Gasteiger partial charge in [-0.2, -0.15) is 5.26 Å². The Morgan fingerprint density at radius 3 is 2.75 bits per heavy atom. The normalized spacial score (nSPS) is 9.50. The number of nitrogens with two attached hydrogens (primary N) is 1. The molecule has 2 N–H and O–H groups in total. The lowest BCUT2D eigenvalue weighted by molar-refractivity contribution is 1.07. The van der Waals surface area contributed by atoms with Crippen molar-refractivity contribution in [3.63, 3.8) is 0 Å². The molecule has 0 aliphatic carbocycles. The van der Waals surface area contributed by atoms with Gasteiger partial charge in [0.1, 0.15) is 6.07 Å². The van der Waals surface area contributed by atoms with Gasteiger partial charge in [-0.3, -0.25) is 0 Å². The Morgan fingerprint density at radius 1 is 1.58 bits per heavy atom. The third-order valence-corrected chi connectivity index (χ3v) is 2.99. The summed E-state index contributed by atoms with van der Waals surface area (Å²) in [6.07, 6.45) is 0. The minimum absolute atomic E-state index is 0.378. The number of halogens is 2. The van der Waals surface area contributed by atoms with E-state index in [2.05, 4.69) is 15.9 Å². The Kier molecular flexibility index (Phi) is 3.10. The largest absolute Gasteiger partial charge is 0.326 e. The molecule has 0 amide bonds. The van der Waals surface area contributed by atoms with Crippen molar-refractivity contribution in [3.8, 4) is 6.07 Å².